The second-order valence-corrected chi connectivity index (χ2v) is 6.02. The molecule has 0 bridgehead atoms. The van der Waals surface area contributed by atoms with E-state index in [0.717, 1.165) is 5.56 Å². The zero-order valence-corrected chi connectivity index (χ0v) is 14.4. The maximum Gasteiger partial charge on any atom is 0.329 e. The first-order chi connectivity index (χ1) is 11.9. The number of carbonyl (C=O) groups excluding carboxylic acids is 1. The van der Waals surface area contributed by atoms with Crippen molar-refractivity contribution in [3.63, 3.8) is 0 Å². The van der Waals surface area contributed by atoms with E-state index >= 15 is 0 Å². The first-order valence-electron chi connectivity index (χ1n) is 8.12. The number of benzene rings is 1. The summed E-state index contributed by atoms with van der Waals surface area (Å²) in [6, 6.07) is 10.4. The Bertz CT molecular complexity index is 733. The number of hydrogen-bond acceptors (Lipinski definition) is 4. The summed E-state index contributed by atoms with van der Waals surface area (Å²) in [5.74, 6) is -0.958. The Morgan fingerprint density at radius 3 is 2.72 bits per heavy atom. The van der Waals surface area contributed by atoms with Crippen LogP contribution in [0.3, 0.4) is 0 Å². The van der Waals surface area contributed by atoms with Crippen LogP contribution in [0.25, 0.3) is 0 Å². The zero-order chi connectivity index (χ0) is 18.3. The van der Waals surface area contributed by atoms with Crippen molar-refractivity contribution in [1.29, 1.82) is 0 Å². The van der Waals surface area contributed by atoms with Gasteiger partial charge in [-0.05, 0) is 37.6 Å². The predicted octanol–water partition coefficient (Wildman–Crippen LogP) is 3.03. The molecule has 0 saturated carbocycles. The van der Waals surface area contributed by atoms with Crippen molar-refractivity contribution in [1.82, 2.24) is 10.3 Å². The van der Waals surface area contributed by atoms with Crippen LogP contribution in [0.4, 0.5) is 0 Å². The molecule has 2 rings (SSSR count). The Labute approximate surface area is 146 Å². The molecule has 132 valence electrons. The van der Waals surface area contributed by atoms with Crippen LogP contribution in [0.5, 0.6) is 5.75 Å². The first kappa shape index (κ1) is 18.4. The number of nitrogens with one attached hydrogen (secondary N) is 1. The van der Waals surface area contributed by atoms with Crippen LogP contribution < -0.4 is 10.1 Å². The van der Waals surface area contributed by atoms with Crippen molar-refractivity contribution < 1.29 is 19.4 Å². The Morgan fingerprint density at radius 2 is 2.08 bits per heavy atom. The van der Waals surface area contributed by atoms with Gasteiger partial charge in [0, 0.05) is 23.5 Å². The lowest BCUT2D eigenvalue weighted by atomic mass is 9.95. The number of hydrogen-bond donors (Lipinski definition) is 2. The van der Waals surface area contributed by atoms with Crippen molar-refractivity contribution >= 4 is 11.9 Å². The summed E-state index contributed by atoms with van der Waals surface area (Å²) in [5, 5.41) is 12.0. The third kappa shape index (κ3) is 5.04. The van der Waals surface area contributed by atoms with Gasteiger partial charge in [0.05, 0.1) is 0 Å². The SMILES string of the molecule is CCCC(C)(NC(=O)c1cccc(OCc2cccnc2)c1)C(=O)O. The highest BCUT2D eigenvalue weighted by molar-refractivity contribution is 5.98. The zero-order valence-electron chi connectivity index (χ0n) is 14.4. The summed E-state index contributed by atoms with van der Waals surface area (Å²) < 4.78 is 5.67. The highest BCUT2D eigenvalue weighted by Gasteiger charge is 2.34. The van der Waals surface area contributed by atoms with Gasteiger partial charge in [-0.1, -0.05) is 25.5 Å². The summed E-state index contributed by atoms with van der Waals surface area (Å²) in [6.45, 7) is 3.72. The summed E-state index contributed by atoms with van der Waals surface area (Å²) in [6.07, 6.45) is 4.40. The fraction of sp³-hybridized carbons (Fsp3) is 0.316. The van der Waals surface area contributed by atoms with Gasteiger partial charge in [0.2, 0.25) is 0 Å². The van der Waals surface area contributed by atoms with Gasteiger partial charge in [0.25, 0.3) is 5.91 Å². The summed E-state index contributed by atoms with van der Waals surface area (Å²) in [7, 11) is 0. The van der Waals surface area contributed by atoms with Gasteiger partial charge in [-0.15, -0.1) is 0 Å². The van der Waals surface area contributed by atoms with Crippen LogP contribution in [0.2, 0.25) is 0 Å². The molecule has 2 aromatic rings. The second-order valence-electron chi connectivity index (χ2n) is 6.02. The van der Waals surface area contributed by atoms with E-state index in [0.29, 0.717) is 30.8 Å². The summed E-state index contributed by atoms with van der Waals surface area (Å²) >= 11 is 0. The second kappa shape index (κ2) is 8.28. The van der Waals surface area contributed by atoms with Crippen molar-refractivity contribution in [3.8, 4) is 5.75 Å². The predicted molar refractivity (Wildman–Crippen MR) is 93.4 cm³/mol. The fourth-order valence-electron chi connectivity index (χ4n) is 2.42. The van der Waals surface area contributed by atoms with Crippen LogP contribution >= 0.6 is 0 Å². The molecule has 1 aromatic heterocycles. The number of amides is 1. The lowest BCUT2D eigenvalue weighted by molar-refractivity contribution is -0.144. The number of nitrogens with zero attached hydrogens (tertiary/aromatic N) is 1. The highest BCUT2D eigenvalue weighted by Crippen LogP contribution is 2.18. The maximum atomic E-state index is 12.4. The molecule has 0 fully saturated rings. The Hall–Kier alpha value is -2.89. The van der Waals surface area contributed by atoms with Crippen molar-refractivity contribution in [3.05, 3.63) is 59.9 Å². The molecule has 0 aliphatic rings. The molecule has 1 atom stereocenters. The van der Waals surface area contributed by atoms with E-state index in [-0.39, 0.29) is 0 Å². The molecule has 25 heavy (non-hydrogen) atoms. The third-order valence-electron chi connectivity index (χ3n) is 3.84. The number of carboxylic acids is 1. The number of aromatic nitrogens is 1. The molecule has 6 heteroatoms. The van der Waals surface area contributed by atoms with Gasteiger partial charge >= 0.3 is 5.97 Å². The van der Waals surface area contributed by atoms with Crippen molar-refractivity contribution in [2.24, 2.45) is 0 Å². The molecule has 0 aliphatic carbocycles. The molecular formula is C19H22N2O4. The smallest absolute Gasteiger partial charge is 0.329 e. The molecular weight excluding hydrogens is 320 g/mol. The minimum Gasteiger partial charge on any atom is -0.489 e. The highest BCUT2D eigenvalue weighted by atomic mass is 16.5. The molecule has 1 aromatic carbocycles. The molecule has 0 spiro atoms. The number of ether oxygens (including phenoxy) is 1. The number of carbonyl (C=O) groups is 2. The van der Waals surface area contributed by atoms with Crippen molar-refractivity contribution in [2.75, 3.05) is 0 Å². The van der Waals surface area contributed by atoms with Crippen LogP contribution in [-0.4, -0.2) is 27.5 Å². The normalized spacial score (nSPS) is 12.9. The van der Waals surface area contributed by atoms with Gasteiger partial charge in [-0.25, -0.2) is 4.79 Å². The molecule has 0 saturated heterocycles. The molecule has 1 amide bonds. The van der Waals surface area contributed by atoms with E-state index in [1.165, 1.54) is 6.92 Å². The van der Waals surface area contributed by atoms with Gasteiger partial charge in [0.15, 0.2) is 0 Å². The molecule has 6 nitrogen and oxygen atoms in total. The molecule has 1 unspecified atom stereocenters. The molecule has 2 N–H and O–H groups in total. The molecule has 0 aliphatic heterocycles. The minimum absolute atomic E-state index is 0.335. The van der Waals surface area contributed by atoms with Gasteiger partial charge in [-0.3, -0.25) is 9.78 Å². The largest absolute Gasteiger partial charge is 0.489 e. The summed E-state index contributed by atoms with van der Waals surface area (Å²) in [4.78, 5) is 27.9. The fourth-order valence-corrected chi connectivity index (χ4v) is 2.42. The van der Waals surface area contributed by atoms with Crippen LogP contribution in [0.1, 0.15) is 42.6 Å². The van der Waals surface area contributed by atoms with E-state index in [9.17, 15) is 14.7 Å². The number of rotatable bonds is 8. The first-order valence-corrected chi connectivity index (χ1v) is 8.12. The number of carboxylic acid groups (broad SMARTS) is 1. The minimum atomic E-state index is -1.29. The average Bonchev–Trinajstić information content (AvgIpc) is 2.61. The van der Waals surface area contributed by atoms with E-state index in [1.807, 2.05) is 19.1 Å². The summed E-state index contributed by atoms with van der Waals surface area (Å²) in [5.41, 5.74) is -0.0238. The molecule has 1 heterocycles. The van der Waals surface area contributed by atoms with E-state index in [4.69, 9.17) is 4.74 Å². The Morgan fingerprint density at radius 1 is 1.28 bits per heavy atom. The maximum absolute atomic E-state index is 12.4. The van der Waals surface area contributed by atoms with Crippen LogP contribution in [0.15, 0.2) is 48.8 Å². The molecule has 0 radical (unpaired) electrons. The third-order valence-corrected chi connectivity index (χ3v) is 3.84. The Kier molecular flexibility index (Phi) is 6.11. The topological polar surface area (TPSA) is 88.5 Å². The number of pyridine rings is 1. The lowest BCUT2D eigenvalue weighted by Gasteiger charge is -2.25. The van der Waals surface area contributed by atoms with Gasteiger partial charge in [-0.2, -0.15) is 0 Å². The monoisotopic (exact) mass is 342 g/mol. The standard InChI is InChI=1S/C19H22N2O4/c1-3-9-19(2,18(23)24)21-17(22)15-7-4-8-16(11-15)25-13-14-6-5-10-20-12-14/h4-8,10-12H,3,9,13H2,1-2H3,(H,21,22)(H,23,24). The average molecular weight is 342 g/mol. The van der Waals surface area contributed by atoms with Crippen molar-refractivity contribution in [2.45, 2.75) is 38.8 Å². The number of aliphatic carboxylic acids is 1. The van der Waals surface area contributed by atoms with Gasteiger partial charge in [0.1, 0.15) is 17.9 Å². The van der Waals surface area contributed by atoms with Gasteiger partial charge < -0.3 is 15.2 Å². The Balaban J connectivity index is 2.06. The van der Waals surface area contributed by atoms with Crippen LogP contribution in [0, 0.1) is 0 Å². The van der Waals surface area contributed by atoms with E-state index in [2.05, 4.69) is 10.3 Å². The lowest BCUT2D eigenvalue weighted by Crippen LogP contribution is -2.52. The van der Waals surface area contributed by atoms with E-state index in [1.54, 1.807) is 36.7 Å². The van der Waals surface area contributed by atoms with E-state index < -0.39 is 17.4 Å². The quantitative estimate of drug-likeness (QED) is 0.770. The van der Waals surface area contributed by atoms with Crippen LogP contribution in [-0.2, 0) is 11.4 Å².